The summed E-state index contributed by atoms with van der Waals surface area (Å²) in [6.45, 7) is -3.90. The maximum absolute atomic E-state index is 13.8. The summed E-state index contributed by atoms with van der Waals surface area (Å²) in [6, 6.07) is 13.7. The van der Waals surface area contributed by atoms with E-state index in [0.29, 0.717) is 28.3 Å². The van der Waals surface area contributed by atoms with E-state index < -0.39 is 25.2 Å². The maximum atomic E-state index is 13.8. The fourth-order valence-electron chi connectivity index (χ4n) is 4.00. The molecule has 5 aromatic rings. The van der Waals surface area contributed by atoms with Crippen molar-refractivity contribution in [2.45, 2.75) is 13.0 Å². The Morgan fingerprint density at radius 3 is 2.37 bits per heavy atom. The zero-order valence-corrected chi connectivity index (χ0v) is 19.9. The lowest BCUT2D eigenvalue weighted by molar-refractivity contribution is -0.0498. The molecule has 0 atom stereocenters. The third-order valence-electron chi connectivity index (χ3n) is 5.68. The molecule has 13 heteroatoms. The first-order valence-corrected chi connectivity index (χ1v) is 11.2. The largest absolute Gasteiger partial charge is 0.472 e. The molecule has 5 rings (SSSR count). The molecule has 0 fully saturated rings. The Balaban J connectivity index is 1.71. The molecule has 0 N–H and O–H groups in total. The summed E-state index contributed by atoms with van der Waals surface area (Å²) >= 11 is 0. The molecular formula is C25H19F4N5O4. The van der Waals surface area contributed by atoms with Crippen molar-refractivity contribution in [1.29, 1.82) is 0 Å². The minimum atomic E-state index is -3.02. The van der Waals surface area contributed by atoms with E-state index in [-0.39, 0.29) is 28.2 Å². The summed E-state index contributed by atoms with van der Waals surface area (Å²) in [5.74, 6) is -0.231. The summed E-state index contributed by atoms with van der Waals surface area (Å²) in [5, 5.41) is 4.44. The Bertz CT molecular complexity index is 1690. The van der Waals surface area contributed by atoms with Crippen LogP contribution in [0.1, 0.15) is 0 Å². The number of benzene rings is 2. The number of imidazole rings is 1. The van der Waals surface area contributed by atoms with E-state index in [1.807, 2.05) is 0 Å². The van der Waals surface area contributed by atoms with Gasteiger partial charge in [-0.3, -0.25) is 9.36 Å². The van der Waals surface area contributed by atoms with Crippen LogP contribution in [0, 0.1) is 0 Å². The Labute approximate surface area is 211 Å². The predicted octanol–water partition coefficient (Wildman–Crippen LogP) is 4.59. The molecule has 0 aliphatic carbocycles. The molecule has 0 unspecified atom stereocenters. The molecular weight excluding hydrogens is 510 g/mol. The second kappa shape index (κ2) is 10.00. The molecule has 0 aliphatic heterocycles. The SMILES string of the molecule is COc1nc2ccc(-n3nc4ccc(OCC(F)F)nc4c(-c4ccc(OC(F)F)cc4)c3=O)cc2n1C. The van der Waals surface area contributed by atoms with Crippen molar-refractivity contribution in [1.82, 2.24) is 24.3 Å². The van der Waals surface area contributed by atoms with Gasteiger partial charge < -0.3 is 14.2 Å². The number of aromatic nitrogens is 5. The van der Waals surface area contributed by atoms with Gasteiger partial charge in [-0.1, -0.05) is 12.1 Å². The summed E-state index contributed by atoms with van der Waals surface area (Å²) in [5.41, 5.74) is 1.86. The van der Waals surface area contributed by atoms with Gasteiger partial charge in [-0.2, -0.15) is 23.5 Å². The van der Waals surface area contributed by atoms with Gasteiger partial charge in [0, 0.05) is 13.1 Å². The van der Waals surface area contributed by atoms with Crippen molar-refractivity contribution in [2.75, 3.05) is 13.7 Å². The van der Waals surface area contributed by atoms with Gasteiger partial charge >= 0.3 is 6.61 Å². The number of pyridine rings is 1. The van der Waals surface area contributed by atoms with E-state index in [0.717, 1.165) is 0 Å². The number of alkyl halides is 4. The quantitative estimate of drug-likeness (QED) is 0.272. The van der Waals surface area contributed by atoms with Gasteiger partial charge in [0.25, 0.3) is 18.0 Å². The van der Waals surface area contributed by atoms with Crippen LogP contribution >= 0.6 is 0 Å². The normalized spacial score (nSPS) is 11.6. The fraction of sp³-hybridized carbons (Fsp3) is 0.200. The van der Waals surface area contributed by atoms with Crippen molar-refractivity contribution < 1.29 is 31.8 Å². The van der Waals surface area contributed by atoms with Crippen molar-refractivity contribution in [3.63, 3.8) is 0 Å². The summed E-state index contributed by atoms with van der Waals surface area (Å²) in [6.07, 6.45) is -2.72. The van der Waals surface area contributed by atoms with Crippen LogP contribution in [-0.2, 0) is 7.05 Å². The maximum Gasteiger partial charge on any atom is 0.387 e. The summed E-state index contributed by atoms with van der Waals surface area (Å²) in [4.78, 5) is 22.4. The van der Waals surface area contributed by atoms with E-state index >= 15 is 0 Å². The molecule has 38 heavy (non-hydrogen) atoms. The first kappa shape index (κ1) is 25.0. The monoisotopic (exact) mass is 529 g/mol. The highest BCUT2D eigenvalue weighted by atomic mass is 19.3. The Morgan fingerprint density at radius 2 is 1.68 bits per heavy atom. The topological polar surface area (TPSA) is 93.3 Å². The van der Waals surface area contributed by atoms with Gasteiger partial charge in [-0.15, -0.1) is 0 Å². The van der Waals surface area contributed by atoms with E-state index in [1.54, 1.807) is 29.8 Å². The van der Waals surface area contributed by atoms with Gasteiger partial charge in [-0.25, -0.2) is 13.8 Å². The Morgan fingerprint density at radius 1 is 0.947 bits per heavy atom. The third kappa shape index (κ3) is 4.69. The van der Waals surface area contributed by atoms with E-state index in [9.17, 15) is 22.4 Å². The fourth-order valence-corrected chi connectivity index (χ4v) is 4.00. The highest BCUT2D eigenvalue weighted by molar-refractivity contribution is 5.91. The number of ether oxygens (including phenoxy) is 3. The minimum Gasteiger partial charge on any atom is -0.472 e. The van der Waals surface area contributed by atoms with E-state index in [2.05, 4.69) is 19.8 Å². The number of nitrogens with zero attached hydrogens (tertiary/aromatic N) is 5. The van der Waals surface area contributed by atoms with Crippen LogP contribution in [0.5, 0.6) is 17.6 Å². The van der Waals surface area contributed by atoms with Crippen LogP contribution in [0.15, 0.2) is 59.4 Å². The van der Waals surface area contributed by atoms with Gasteiger partial charge in [-0.05, 0) is 42.0 Å². The zero-order chi connectivity index (χ0) is 27.0. The first-order valence-electron chi connectivity index (χ1n) is 11.2. The van der Waals surface area contributed by atoms with Crippen molar-refractivity contribution >= 4 is 22.1 Å². The Hall–Kier alpha value is -4.68. The smallest absolute Gasteiger partial charge is 0.387 e. The van der Waals surface area contributed by atoms with Crippen LogP contribution in [0.4, 0.5) is 17.6 Å². The second-order valence-electron chi connectivity index (χ2n) is 8.04. The number of aryl methyl sites for hydroxylation is 1. The molecule has 0 saturated heterocycles. The van der Waals surface area contributed by atoms with Gasteiger partial charge in [0.2, 0.25) is 5.88 Å². The molecule has 9 nitrogen and oxygen atoms in total. The van der Waals surface area contributed by atoms with Crippen LogP contribution in [0.3, 0.4) is 0 Å². The van der Waals surface area contributed by atoms with Gasteiger partial charge in [0.15, 0.2) is 6.61 Å². The molecule has 0 radical (unpaired) electrons. The number of methoxy groups -OCH3 is 1. The molecule has 3 heterocycles. The molecule has 3 aromatic heterocycles. The molecule has 0 aliphatic rings. The number of hydrogen-bond donors (Lipinski definition) is 0. The van der Waals surface area contributed by atoms with Gasteiger partial charge in [0.1, 0.15) is 16.8 Å². The molecule has 2 aromatic carbocycles. The predicted molar refractivity (Wildman–Crippen MR) is 130 cm³/mol. The van der Waals surface area contributed by atoms with Crippen molar-refractivity contribution in [3.05, 3.63) is 65.0 Å². The molecule has 0 bridgehead atoms. The Kier molecular flexibility index (Phi) is 6.57. The molecule has 196 valence electrons. The lowest BCUT2D eigenvalue weighted by Gasteiger charge is -2.13. The number of rotatable bonds is 8. The van der Waals surface area contributed by atoms with Crippen molar-refractivity contribution in [3.8, 4) is 34.5 Å². The molecule has 0 amide bonds. The molecule has 0 saturated carbocycles. The highest BCUT2D eigenvalue weighted by Crippen LogP contribution is 2.29. The average molecular weight is 529 g/mol. The minimum absolute atomic E-state index is 0.0591. The lowest BCUT2D eigenvalue weighted by Crippen LogP contribution is -2.24. The van der Waals surface area contributed by atoms with Crippen LogP contribution < -0.4 is 19.8 Å². The lowest BCUT2D eigenvalue weighted by atomic mass is 10.1. The number of halogens is 4. The van der Waals surface area contributed by atoms with E-state index in [4.69, 9.17) is 9.47 Å². The summed E-state index contributed by atoms with van der Waals surface area (Å²) in [7, 11) is 3.25. The molecule has 0 spiro atoms. The van der Waals surface area contributed by atoms with E-state index in [1.165, 1.54) is 48.2 Å². The van der Waals surface area contributed by atoms with Gasteiger partial charge in [0.05, 0.1) is 29.4 Å². The standard InChI is InChI=1S/C25H19F4N5O4/c1-33-18-11-14(5-8-16(18)30-25(33)36-2)34-23(35)21(13-3-6-15(7-4-13)38-24(28)29)22-17(32-34)9-10-20(31-22)37-12-19(26)27/h3-11,19,24H,12H2,1-2H3. The number of fused-ring (bicyclic) bond motifs is 2. The third-order valence-corrected chi connectivity index (χ3v) is 5.68. The average Bonchev–Trinajstić information content (AvgIpc) is 3.22. The van der Waals surface area contributed by atoms with Crippen molar-refractivity contribution in [2.24, 2.45) is 7.05 Å². The van der Waals surface area contributed by atoms with Crippen LogP contribution in [0.2, 0.25) is 0 Å². The van der Waals surface area contributed by atoms with Crippen LogP contribution in [0.25, 0.3) is 38.9 Å². The summed E-state index contributed by atoms with van der Waals surface area (Å²) < 4.78 is 68.2. The first-order chi connectivity index (χ1) is 18.2. The second-order valence-corrected chi connectivity index (χ2v) is 8.04. The highest BCUT2D eigenvalue weighted by Gasteiger charge is 2.19. The number of hydrogen-bond acceptors (Lipinski definition) is 7. The van der Waals surface area contributed by atoms with Crippen LogP contribution in [-0.4, -0.2) is 51.1 Å². The zero-order valence-electron chi connectivity index (χ0n) is 19.9.